The summed E-state index contributed by atoms with van der Waals surface area (Å²) in [7, 11) is -2.89. The number of aliphatic hydroxyl groups is 1. The maximum atomic E-state index is 11.8. The van der Waals surface area contributed by atoms with Crippen LogP contribution < -0.4 is 5.32 Å². The summed E-state index contributed by atoms with van der Waals surface area (Å²) < 4.78 is 33.8. The Labute approximate surface area is 77.1 Å². The molecule has 2 atom stereocenters. The Kier molecular flexibility index (Phi) is 3.63. The maximum Gasteiger partial charge on any atom is 0.151 e. The van der Waals surface area contributed by atoms with Crippen molar-refractivity contribution in [1.82, 2.24) is 5.32 Å². The predicted molar refractivity (Wildman–Crippen MR) is 47.0 cm³/mol. The first-order valence-corrected chi connectivity index (χ1v) is 6.03. The van der Waals surface area contributed by atoms with Gasteiger partial charge in [-0.2, -0.15) is 0 Å². The SMILES string of the molecule is O=S1(=O)CCC(NCC(O)CF)C1. The first kappa shape index (κ1) is 10.9. The summed E-state index contributed by atoms with van der Waals surface area (Å²) in [5.41, 5.74) is 0. The van der Waals surface area contributed by atoms with Gasteiger partial charge >= 0.3 is 0 Å². The number of rotatable bonds is 4. The number of sulfone groups is 1. The van der Waals surface area contributed by atoms with Crippen LogP contribution in [0, 0.1) is 0 Å². The third-order valence-electron chi connectivity index (χ3n) is 2.05. The molecule has 1 rings (SSSR count). The molecule has 0 radical (unpaired) electrons. The molecule has 0 saturated carbocycles. The van der Waals surface area contributed by atoms with Gasteiger partial charge in [0.05, 0.1) is 17.6 Å². The second kappa shape index (κ2) is 4.34. The lowest BCUT2D eigenvalue weighted by atomic mass is 10.2. The van der Waals surface area contributed by atoms with E-state index in [1.165, 1.54) is 0 Å². The van der Waals surface area contributed by atoms with E-state index in [-0.39, 0.29) is 24.1 Å². The van der Waals surface area contributed by atoms with E-state index in [0.29, 0.717) is 6.42 Å². The first-order chi connectivity index (χ1) is 6.03. The Hall–Kier alpha value is -0.200. The summed E-state index contributed by atoms with van der Waals surface area (Å²) in [4.78, 5) is 0. The minimum Gasteiger partial charge on any atom is -0.389 e. The average molecular weight is 211 g/mol. The molecule has 0 spiro atoms. The van der Waals surface area contributed by atoms with Gasteiger partial charge in [0.1, 0.15) is 6.67 Å². The van der Waals surface area contributed by atoms with Crippen molar-refractivity contribution in [3.05, 3.63) is 0 Å². The summed E-state index contributed by atoms with van der Waals surface area (Å²) in [5, 5.41) is 11.7. The van der Waals surface area contributed by atoms with Crippen molar-refractivity contribution in [3.63, 3.8) is 0 Å². The van der Waals surface area contributed by atoms with Crippen molar-refractivity contribution >= 4 is 9.84 Å². The van der Waals surface area contributed by atoms with Crippen LogP contribution in [0.3, 0.4) is 0 Å². The molecule has 1 aliphatic heterocycles. The van der Waals surface area contributed by atoms with Crippen LogP contribution in [0.25, 0.3) is 0 Å². The number of halogens is 1. The predicted octanol–water partition coefficient (Wildman–Crippen LogP) is -0.906. The van der Waals surface area contributed by atoms with Gasteiger partial charge in [-0.3, -0.25) is 0 Å². The van der Waals surface area contributed by atoms with Gasteiger partial charge in [0, 0.05) is 12.6 Å². The van der Waals surface area contributed by atoms with Gasteiger partial charge in [-0.1, -0.05) is 0 Å². The molecule has 1 aliphatic rings. The summed E-state index contributed by atoms with van der Waals surface area (Å²) >= 11 is 0. The molecule has 0 aromatic heterocycles. The van der Waals surface area contributed by atoms with Crippen molar-refractivity contribution < 1.29 is 17.9 Å². The van der Waals surface area contributed by atoms with E-state index in [2.05, 4.69) is 5.32 Å². The van der Waals surface area contributed by atoms with Crippen LogP contribution in [0.5, 0.6) is 0 Å². The fraction of sp³-hybridized carbons (Fsp3) is 1.00. The molecule has 1 fully saturated rings. The molecule has 0 bridgehead atoms. The summed E-state index contributed by atoms with van der Waals surface area (Å²) in [5.74, 6) is 0.294. The molecule has 2 unspecified atom stereocenters. The van der Waals surface area contributed by atoms with Crippen molar-refractivity contribution in [1.29, 1.82) is 0 Å². The van der Waals surface area contributed by atoms with Crippen molar-refractivity contribution in [2.24, 2.45) is 0 Å². The van der Waals surface area contributed by atoms with Crippen LogP contribution in [-0.2, 0) is 9.84 Å². The van der Waals surface area contributed by atoms with E-state index < -0.39 is 22.6 Å². The Bertz CT molecular complexity index is 254. The highest BCUT2D eigenvalue weighted by atomic mass is 32.2. The molecular formula is C7H14FNO3S. The quantitative estimate of drug-likeness (QED) is 0.632. The third kappa shape index (κ3) is 3.58. The van der Waals surface area contributed by atoms with E-state index in [9.17, 15) is 12.8 Å². The van der Waals surface area contributed by atoms with E-state index in [1.807, 2.05) is 0 Å². The van der Waals surface area contributed by atoms with Gasteiger partial charge in [-0.25, -0.2) is 12.8 Å². The molecule has 0 aliphatic carbocycles. The lowest BCUT2D eigenvalue weighted by molar-refractivity contribution is 0.135. The summed E-state index contributed by atoms with van der Waals surface area (Å²) in [6.07, 6.45) is -0.468. The number of alkyl halides is 1. The number of hydrogen-bond donors (Lipinski definition) is 2. The van der Waals surface area contributed by atoms with Gasteiger partial charge in [0.2, 0.25) is 0 Å². The van der Waals surface area contributed by atoms with Gasteiger partial charge in [0.15, 0.2) is 9.84 Å². The van der Waals surface area contributed by atoms with Gasteiger partial charge in [-0.05, 0) is 6.42 Å². The van der Waals surface area contributed by atoms with Crippen LogP contribution in [0.4, 0.5) is 4.39 Å². The fourth-order valence-electron chi connectivity index (χ4n) is 1.31. The molecule has 0 aromatic carbocycles. The van der Waals surface area contributed by atoms with Gasteiger partial charge in [0.25, 0.3) is 0 Å². The molecular weight excluding hydrogens is 197 g/mol. The largest absolute Gasteiger partial charge is 0.389 e. The highest BCUT2D eigenvalue weighted by Crippen LogP contribution is 2.10. The molecule has 78 valence electrons. The fourth-order valence-corrected chi connectivity index (χ4v) is 3.02. The smallest absolute Gasteiger partial charge is 0.151 e. The lowest BCUT2D eigenvalue weighted by Crippen LogP contribution is -2.37. The summed E-state index contributed by atoms with van der Waals surface area (Å²) in [6.45, 7) is -0.677. The van der Waals surface area contributed by atoms with E-state index in [1.54, 1.807) is 0 Å². The Morgan fingerprint density at radius 1 is 1.62 bits per heavy atom. The number of nitrogens with one attached hydrogen (secondary N) is 1. The highest BCUT2D eigenvalue weighted by Gasteiger charge is 2.27. The molecule has 13 heavy (non-hydrogen) atoms. The Morgan fingerprint density at radius 3 is 2.77 bits per heavy atom. The van der Waals surface area contributed by atoms with E-state index in [4.69, 9.17) is 5.11 Å². The topological polar surface area (TPSA) is 66.4 Å². The molecule has 4 nitrogen and oxygen atoms in total. The van der Waals surface area contributed by atoms with Crippen molar-refractivity contribution in [2.75, 3.05) is 24.7 Å². The number of hydrogen-bond acceptors (Lipinski definition) is 4. The van der Waals surface area contributed by atoms with Crippen LogP contribution in [0.1, 0.15) is 6.42 Å². The van der Waals surface area contributed by atoms with E-state index >= 15 is 0 Å². The first-order valence-electron chi connectivity index (χ1n) is 4.21. The standard InChI is InChI=1S/C7H14FNO3S/c8-3-7(10)4-9-6-1-2-13(11,12)5-6/h6-7,9-10H,1-5H2. The molecule has 0 amide bonds. The minimum absolute atomic E-state index is 0.103. The van der Waals surface area contributed by atoms with Gasteiger partial charge in [-0.15, -0.1) is 0 Å². The van der Waals surface area contributed by atoms with E-state index in [0.717, 1.165) is 0 Å². The highest BCUT2D eigenvalue weighted by molar-refractivity contribution is 7.91. The second-order valence-electron chi connectivity index (χ2n) is 3.32. The molecule has 6 heteroatoms. The second-order valence-corrected chi connectivity index (χ2v) is 5.55. The summed E-state index contributed by atoms with van der Waals surface area (Å²) in [6, 6.07) is -0.119. The van der Waals surface area contributed by atoms with Crippen LogP contribution in [-0.4, -0.2) is 50.4 Å². The third-order valence-corrected chi connectivity index (χ3v) is 3.82. The molecule has 0 aromatic rings. The number of aliphatic hydroxyl groups excluding tert-OH is 1. The zero-order valence-electron chi connectivity index (χ0n) is 7.24. The van der Waals surface area contributed by atoms with Crippen LogP contribution in [0.15, 0.2) is 0 Å². The van der Waals surface area contributed by atoms with Crippen LogP contribution >= 0.6 is 0 Å². The normalized spacial score (nSPS) is 28.9. The molecule has 2 N–H and O–H groups in total. The monoisotopic (exact) mass is 211 g/mol. The lowest BCUT2D eigenvalue weighted by Gasteiger charge is -2.12. The Morgan fingerprint density at radius 2 is 2.31 bits per heavy atom. The zero-order chi connectivity index (χ0) is 9.90. The minimum atomic E-state index is -2.89. The molecule has 1 heterocycles. The average Bonchev–Trinajstić information content (AvgIpc) is 2.41. The Balaban J connectivity index is 2.25. The van der Waals surface area contributed by atoms with Crippen LogP contribution in [0.2, 0.25) is 0 Å². The van der Waals surface area contributed by atoms with Crippen molar-refractivity contribution in [2.45, 2.75) is 18.6 Å². The molecule has 1 saturated heterocycles. The zero-order valence-corrected chi connectivity index (χ0v) is 8.06. The van der Waals surface area contributed by atoms with Gasteiger partial charge < -0.3 is 10.4 Å². The maximum absolute atomic E-state index is 11.8. The van der Waals surface area contributed by atoms with Crippen molar-refractivity contribution in [3.8, 4) is 0 Å².